The summed E-state index contributed by atoms with van der Waals surface area (Å²) in [4.78, 5) is 26.7. The van der Waals surface area contributed by atoms with Crippen molar-refractivity contribution in [2.24, 2.45) is 0 Å². The van der Waals surface area contributed by atoms with E-state index in [1.807, 2.05) is 60.7 Å². The third kappa shape index (κ3) is 9.86. The number of rotatable bonds is 16. The van der Waals surface area contributed by atoms with E-state index in [9.17, 15) is 9.59 Å². The fraction of sp³-hybridized carbons (Fsp3) is 0.375. The van der Waals surface area contributed by atoms with E-state index in [1.54, 1.807) is 44.2 Å². The summed E-state index contributed by atoms with van der Waals surface area (Å²) in [6, 6.07) is 27.7. The predicted octanol–water partition coefficient (Wildman–Crippen LogP) is 4.68. The fourth-order valence-electron chi connectivity index (χ4n) is 4.13. The number of benzene rings is 3. The molecule has 41 heavy (non-hydrogen) atoms. The van der Waals surface area contributed by atoms with Crippen molar-refractivity contribution in [1.82, 2.24) is 0 Å². The molecule has 0 aromatic heterocycles. The fourth-order valence-corrected chi connectivity index (χ4v) is 4.13. The zero-order chi connectivity index (χ0) is 28.9. The van der Waals surface area contributed by atoms with Crippen LogP contribution in [0.2, 0.25) is 0 Å². The first-order chi connectivity index (χ1) is 19.9. The molecule has 4 rings (SSSR count). The molecule has 1 fully saturated rings. The molecule has 1 aliphatic heterocycles. The van der Waals surface area contributed by atoms with E-state index in [-0.39, 0.29) is 26.8 Å². The van der Waals surface area contributed by atoms with Gasteiger partial charge in [0.15, 0.2) is 11.9 Å². The van der Waals surface area contributed by atoms with E-state index in [0.29, 0.717) is 18.8 Å². The summed E-state index contributed by atoms with van der Waals surface area (Å²) in [5, 5.41) is 0. The molecule has 9 nitrogen and oxygen atoms in total. The largest absolute Gasteiger partial charge is 0.448 e. The molecule has 1 saturated heterocycles. The van der Waals surface area contributed by atoms with Gasteiger partial charge in [-0.15, -0.1) is 0 Å². The quantitative estimate of drug-likeness (QED) is 0.139. The van der Waals surface area contributed by atoms with Crippen LogP contribution in [0.4, 0.5) is 0 Å². The molecule has 1 aliphatic rings. The summed E-state index contributed by atoms with van der Waals surface area (Å²) in [7, 11) is 0. The van der Waals surface area contributed by atoms with Gasteiger partial charge >= 0.3 is 5.97 Å². The highest BCUT2D eigenvalue weighted by Crippen LogP contribution is 2.25. The van der Waals surface area contributed by atoms with Gasteiger partial charge in [-0.05, 0) is 37.1 Å². The number of ketones is 1. The maximum Gasteiger partial charge on any atom is 0.338 e. The van der Waals surface area contributed by atoms with Gasteiger partial charge in [-0.3, -0.25) is 4.79 Å². The summed E-state index contributed by atoms with van der Waals surface area (Å²) in [5.74, 6) is -2.13. The summed E-state index contributed by atoms with van der Waals surface area (Å²) in [6.45, 7) is 3.73. The molecule has 3 aromatic rings. The second-order valence-corrected chi connectivity index (χ2v) is 9.89. The van der Waals surface area contributed by atoms with Gasteiger partial charge in [-0.25, -0.2) is 4.79 Å². The zero-order valence-electron chi connectivity index (χ0n) is 23.3. The number of Topliss-reactive ketones (excluding diaryl/α,β-unsaturated/α-hetero) is 1. The Morgan fingerprint density at radius 1 is 0.805 bits per heavy atom. The van der Waals surface area contributed by atoms with E-state index in [2.05, 4.69) is 0 Å². The summed E-state index contributed by atoms with van der Waals surface area (Å²) in [6.07, 6.45) is -3.33. The molecule has 0 bridgehead atoms. The van der Waals surface area contributed by atoms with Gasteiger partial charge in [0.1, 0.15) is 25.8 Å². The SMILES string of the molecule is CC1(C)OC[C@H](C(=O)[C@H](OC(=O)c2ccccc2)[C@@H](COCOCc2ccccc2)OCOCc2ccccc2)O1. The average Bonchev–Trinajstić information content (AvgIpc) is 3.37. The maximum absolute atomic E-state index is 13.7. The Bertz CT molecular complexity index is 1200. The molecule has 0 aliphatic carbocycles. The molecule has 0 radical (unpaired) electrons. The van der Waals surface area contributed by atoms with Crippen LogP contribution in [0.3, 0.4) is 0 Å². The minimum absolute atomic E-state index is 0.0174. The van der Waals surface area contributed by atoms with Crippen LogP contribution < -0.4 is 0 Å². The van der Waals surface area contributed by atoms with Crippen molar-refractivity contribution in [3.63, 3.8) is 0 Å². The van der Waals surface area contributed by atoms with Crippen LogP contribution in [-0.2, 0) is 51.2 Å². The number of hydrogen-bond donors (Lipinski definition) is 0. The van der Waals surface area contributed by atoms with Crippen molar-refractivity contribution in [2.45, 2.75) is 51.2 Å². The second kappa shape index (κ2) is 15.5. The minimum atomic E-state index is -1.36. The standard InChI is InChI=1S/C32H36O9/c1-32(2)39-21-27(41-32)29(33)30(40-31(34)26-16-10-5-11-17-26)28(38-23-36-19-25-14-8-4-9-15-25)20-37-22-35-18-24-12-6-3-7-13-24/h3-17,27-28,30H,18-23H2,1-2H3/t27-,28-,30-/m1/s1. The molecular weight excluding hydrogens is 528 g/mol. The predicted molar refractivity (Wildman–Crippen MR) is 149 cm³/mol. The Morgan fingerprint density at radius 2 is 1.37 bits per heavy atom. The monoisotopic (exact) mass is 564 g/mol. The van der Waals surface area contributed by atoms with Crippen LogP contribution in [0.15, 0.2) is 91.0 Å². The topological polar surface area (TPSA) is 98.8 Å². The van der Waals surface area contributed by atoms with Crippen molar-refractivity contribution < 1.29 is 42.7 Å². The van der Waals surface area contributed by atoms with Crippen molar-refractivity contribution in [3.8, 4) is 0 Å². The molecule has 0 N–H and O–H groups in total. The molecule has 9 heteroatoms. The molecule has 0 unspecified atom stereocenters. The summed E-state index contributed by atoms with van der Waals surface area (Å²) in [5.41, 5.74) is 2.24. The van der Waals surface area contributed by atoms with Gasteiger partial charge in [-0.1, -0.05) is 78.9 Å². The Hall–Kier alpha value is -3.44. The van der Waals surface area contributed by atoms with E-state index in [4.69, 9.17) is 33.2 Å². The smallest absolute Gasteiger partial charge is 0.338 e. The highest BCUT2D eigenvalue weighted by molar-refractivity contribution is 5.94. The zero-order valence-corrected chi connectivity index (χ0v) is 23.3. The maximum atomic E-state index is 13.7. The molecule has 0 amide bonds. The first kappa shape index (κ1) is 30.5. The second-order valence-electron chi connectivity index (χ2n) is 9.89. The van der Waals surface area contributed by atoms with Gasteiger partial charge in [0, 0.05) is 0 Å². The number of carbonyl (C=O) groups excluding carboxylic acids is 2. The lowest BCUT2D eigenvalue weighted by Crippen LogP contribution is -2.48. The number of hydrogen-bond acceptors (Lipinski definition) is 9. The van der Waals surface area contributed by atoms with Gasteiger partial charge in [0.25, 0.3) is 0 Å². The lowest BCUT2D eigenvalue weighted by atomic mass is 10.0. The van der Waals surface area contributed by atoms with Crippen LogP contribution in [0.25, 0.3) is 0 Å². The van der Waals surface area contributed by atoms with Crippen LogP contribution in [0, 0.1) is 0 Å². The molecule has 3 atom stereocenters. The lowest BCUT2D eigenvalue weighted by molar-refractivity contribution is -0.181. The first-order valence-electron chi connectivity index (χ1n) is 13.5. The minimum Gasteiger partial charge on any atom is -0.448 e. The molecule has 0 spiro atoms. The number of esters is 1. The third-order valence-electron chi connectivity index (χ3n) is 6.22. The van der Waals surface area contributed by atoms with E-state index in [0.717, 1.165) is 11.1 Å². The normalized spacial score (nSPS) is 17.6. The van der Waals surface area contributed by atoms with Crippen molar-refractivity contribution in [3.05, 3.63) is 108 Å². The molecular formula is C32H36O9. The van der Waals surface area contributed by atoms with Crippen LogP contribution in [0.5, 0.6) is 0 Å². The van der Waals surface area contributed by atoms with Gasteiger partial charge in [0.2, 0.25) is 5.78 Å². The lowest BCUT2D eigenvalue weighted by Gasteiger charge is -2.28. The number of ether oxygens (including phenoxy) is 7. The Morgan fingerprint density at radius 3 is 1.93 bits per heavy atom. The van der Waals surface area contributed by atoms with Crippen LogP contribution in [0.1, 0.15) is 35.3 Å². The van der Waals surface area contributed by atoms with Crippen molar-refractivity contribution >= 4 is 11.8 Å². The van der Waals surface area contributed by atoms with Gasteiger partial charge < -0.3 is 33.2 Å². The summed E-state index contributed by atoms with van der Waals surface area (Å²) < 4.78 is 40.2. The van der Waals surface area contributed by atoms with Crippen LogP contribution in [-0.4, -0.2) is 62.7 Å². The molecule has 0 saturated carbocycles. The Labute approximate surface area is 240 Å². The van der Waals surface area contributed by atoms with Crippen molar-refractivity contribution in [2.75, 3.05) is 26.8 Å². The van der Waals surface area contributed by atoms with E-state index < -0.39 is 35.9 Å². The van der Waals surface area contributed by atoms with Crippen molar-refractivity contribution in [1.29, 1.82) is 0 Å². The van der Waals surface area contributed by atoms with Crippen LogP contribution >= 0.6 is 0 Å². The van der Waals surface area contributed by atoms with Gasteiger partial charge in [0.05, 0.1) is 32.0 Å². The van der Waals surface area contributed by atoms with E-state index in [1.165, 1.54) is 0 Å². The molecule has 3 aromatic carbocycles. The van der Waals surface area contributed by atoms with E-state index >= 15 is 0 Å². The number of carbonyl (C=O) groups is 2. The highest BCUT2D eigenvalue weighted by Gasteiger charge is 2.44. The average molecular weight is 565 g/mol. The summed E-state index contributed by atoms with van der Waals surface area (Å²) >= 11 is 0. The Kier molecular flexibility index (Phi) is 11.6. The Balaban J connectivity index is 1.44. The third-order valence-corrected chi connectivity index (χ3v) is 6.22. The first-order valence-corrected chi connectivity index (χ1v) is 13.5. The van der Waals surface area contributed by atoms with Gasteiger partial charge in [-0.2, -0.15) is 0 Å². The molecule has 218 valence electrons. The molecule has 1 heterocycles. The highest BCUT2D eigenvalue weighted by atomic mass is 16.7.